The Kier molecular flexibility index (Phi) is 6.02. The van der Waals surface area contributed by atoms with Crippen molar-refractivity contribution in [3.05, 3.63) is 59.7 Å². The van der Waals surface area contributed by atoms with E-state index in [0.717, 1.165) is 11.1 Å². The lowest BCUT2D eigenvalue weighted by Gasteiger charge is -2.40. The summed E-state index contributed by atoms with van der Waals surface area (Å²) in [7, 11) is 3.17. The number of methoxy groups -OCH3 is 2. The molecule has 2 aromatic carbocycles. The molecule has 0 radical (unpaired) electrons. The Labute approximate surface area is 166 Å². The van der Waals surface area contributed by atoms with E-state index in [1.54, 1.807) is 21.1 Å². The van der Waals surface area contributed by atoms with Gasteiger partial charge in [-0.2, -0.15) is 0 Å². The SMILES string of the molecule is COc1ccc(CC(=O)N2CCC(C(C)=O)(c3ccccc3)CC2)cc1OC. The average molecular weight is 381 g/mol. The fourth-order valence-corrected chi connectivity index (χ4v) is 4.02. The van der Waals surface area contributed by atoms with Crippen molar-refractivity contribution in [3.8, 4) is 11.5 Å². The normalized spacial score (nSPS) is 15.8. The molecule has 28 heavy (non-hydrogen) atoms. The van der Waals surface area contributed by atoms with Crippen LogP contribution in [0.2, 0.25) is 0 Å². The average Bonchev–Trinajstić information content (AvgIpc) is 2.74. The maximum atomic E-state index is 12.8. The molecule has 2 aromatic rings. The monoisotopic (exact) mass is 381 g/mol. The van der Waals surface area contributed by atoms with Gasteiger partial charge in [0, 0.05) is 13.1 Å². The molecule has 0 saturated carbocycles. The molecule has 0 N–H and O–H groups in total. The number of hydrogen-bond donors (Lipinski definition) is 0. The number of benzene rings is 2. The third kappa shape index (κ3) is 3.88. The van der Waals surface area contributed by atoms with E-state index in [-0.39, 0.29) is 11.7 Å². The summed E-state index contributed by atoms with van der Waals surface area (Å²) in [4.78, 5) is 27.2. The second kappa shape index (κ2) is 8.46. The number of ether oxygens (including phenoxy) is 2. The van der Waals surface area contributed by atoms with E-state index in [0.29, 0.717) is 43.9 Å². The molecule has 1 aliphatic rings. The minimum absolute atomic E-state index is 0.0671. The molecule has 0 bridgehead atoms. The van der Waals surface area contributed by atoms with Crippen molar-refractivity contribution < 1.29 is 19.1 Å². The van der Waals surface area contributed by atoms with Gasteiger partial charge in [-0.15, -0.1) is 0 Å². The van der Waals surface area contributed by atoms with Crippen molar-refractivity contribution in [2.75, 3.05) is 27.3 Å². The summed E-state index contributed by atoms with van der Waals surface area (Å²) >= 11 is 0. The van der Waals surface area contributed by atoms with Gasteiger partial charge in [0.25, 0.3) is 0 Å². The molecule has 1 aliphatic heterocycles. The molecule has 0 atom stereocenters. The van der Waals surface area contributed by atoms with Gasteiger partial charge in [-0.1, -0.05) is 36.4 Å². The zero-order chi connectivity index (χ0) is 20.1. The maximum absolute atomic E-state index is 12.8. The van der Waals surface area contributed by atoms with Crippen LogP contribution in [0.5, 0.6) is 11.5 Å². The first kappa shape index (κ1) is 19.9. The lowest BCUT2D eigenvalue weighted by molar-refractivity contribution is -0.135. The van der Waals surface area contributed by atoms with E-state index in [1.807, 2.05) is 53.4 Å². The summed E-state index contributed by atoms with van der Waals surface area (Å²) in [5.74, 6) is 1.50. The lowest BCUT2D eigenvalue weighted by atomic mass is 9.70. The summed E-state index contributed by atoms with van der Waals surface area (Å²) in [5, 5.41) is 0. The van der Waals surface area contributed by atoms with Crippen LogP contribution in [-0.2, 0) is 21.4 Å². The maximum Gasteiger partial charge on any atom is 0.226 e. The largest absolute Gasteiger partial charge is 0.493 e. The molecule has 0 unspecified atom stereocenters. The van der Waals surface area contributed by atoms with Crippen molar-refractivity contribution in [3.63, 3.8) is 0 Å². The predicted octanol–water partition coefficient (Wildman–Crippen LogP) is 3.40. The summed E-state index contributed by atoms with van der Waals surface area (Å²) in [6.07, 6.45) is 1.62. The zero-order valence-electron chi connectivity index (χ0n) is 16.7. The van der Waals surface area contributed by atoms with Crippen LogP contribution in [0.25, 0.3) is 0 Å². The molecule has 1 saturated heterocycles. The first-order chi connectivity index (χ1) is 13.5. The molecular weight excluding hydrogens is 354 g/mol. The summed E-state index contributed by atoms with van der Waals surface area (Å²) in [6, 6.07) is 15.5. The summed E-state index contributed by atoms with van der Waals surface area (Å²) < 4.78 is 10.6. The summed E-state index contributed by atoms with van der Waals surface area (Å²) in [6.45, 7) is 2.83. The van der Waals surface area contributed by atoms with Gasteiger partial charge in [-0.25, -0.2) is 0 Å². The Morgan fingerprint density at radius 3 is 2.18 bits per heavy atom. The van der Waals surface area contributed by atoms with Gasteiger partial charge in [0.1, 0.15) is 5.78 Å². The number of nitrogens with zero attached hydrogens (tertiary/aromatic N) is 1. The Bertz CT molecular complexity index is 839. The van der Waals surface area contributed by atoms with Crippen molar-refractivity contribution in [1.82, 2.24) is 4.90 Å². The van der Waals surface area contributed by atoms with Crippen LogP contribution < -0.4 is 9.47 Å². The highest BCUT2D eigenvalue weighted by atomic mass is 16.5. The molecule has 0 aromatic heterocycles. The van der Waals surface area contributed by atoms with Crippen molar-refractivity contribution >= 4 is 11.7 Å². The highest BCUT2D eigenvalue weighted by molar-refractivity contribution is 5.88. The van der Waals surface area contributed by atoms with E-state index in [2.05, 4.69) is 0 Å². The Balaban J connectivity index is 1.69. The molecule has 0 aliphatic carbocycles. The minimum atomic E-state index is -0.485. The molecule has 0 spiro atoms. The molecule has 148 valence electrons. The Morgan fingerprint density at radius 1 is 0.964 bits per heavy atom. The third-order valence-electron chi connectivity index (χ3n) is 5.77. The minimum Gasteiger partial charge on any atom is -0.493 e. The van der Waals surface area contributed by atoms with Gasteiger partial charge in [-0.3, -0.25) is 9.59 Å². The number of Topliss-reactive ketones (excluding diaryl/α,β-unsaturated/α-hetero) is 1. The van der Waals surface area contributed by atoms with Gasteiger partial charge in [0.05, 0.1) is 26.1 Å². The molecule has 3 rings (SSSR count). The smallest absolute Gasteiger partial charge is 0.226 e. The van der Waals surface area contributed by atoms with Gasteiger partial charge < -0.3 is 14.4 Å². The van der Waals surface area contributed by atoms with Crippen LogP contribution >= 0.6 is 0 Å². The number of ketones is 1. The van der Waals surface area contributed by atoms with Gasteiger partial charge in [-0.05, 0) is 43.0 Å². The number of piperidine rings is 1. The Hall–Kier alpha value is -2.82. The van der Waals surface area contributed by atoms with Gasteiger partial charge in [0.2, 0.25) is 5.91 Å². The quantitative estimate of drug-likeness (QED) is 0.770. The fraction of sp³-hybridized carbons (Fsp3) is 0.391. The fourth-order valence-electron chi connectivity index (χ4n) is 4.02. The van der Waals surface area contributed by atoms with E-state index < -0.39 is 5.41 Å². The van der Waals surface area contributed by atoms with Crippen LogP contribution in [0.15, 0.2) is 48.5 Å². The third-order valence-corrected chi connectivity index (χ3v) is 5.77. The van der Waals surface area contributed by atoms with E-state index in [1.165, 1.54) is 0 Å². The number of likely N-dealkylation sites (tertiary alicyclic amines) is 1. The number of hydrogen-bond acceptors (Lipinski definition) is 4. The first-order valence-electron chi connectivity index (χ1n) is 9.55. The number of amides is 1. The van der Waals surface area contributed by atoms with Crippen molar-refractivity contribution in [2.45, 2.75) is 31.6 Å². The van der Waals surface area contributed by atoms with Crippen LogP contribution in [0.3, 0.4) is 0 Å². The second-order valence-corrected chi connectivity index (χ2v) is 7.25. The van der Waals surface area contributed by atoms with E-state index in [4.69, 9.17) is 9.47 Å². The van der Waals surface area contributed by atoms with Gasteiger partial charge >= 0.3 is 0 Å². The number of rotatable bonds is 6. The molecule has 5 nitrogen and oxygen atoms in total. The second-order valence-electron chi connectivity index (χ2n) is 7.25. The van der Waals surface area contributed by atoms with Crippen molar-refractivity contribution in [2.24, 2.45) is 0 Å². The van der Waals surface area contributed by atoms with E-state index >= 15 is 0 Å². The molecule has 1 heterocycles. The molecule has 1 amide bonds. The molecular formula is C23H27NO4. The van der Waals surface area contributed by atoms with Crippen LogP contribution in [-0.4, -0.2) is 43.9 Å². The Morgan fingerprint density at radius 2 is 1.61 bits per heavy atom. The van der Waals surface area contributed by atoms with Crippen LogP contribution in [0.4, 0.5) is 0 Å². The highest BCUT2D eigenvalue weighted by Crippen LogP contribution is 2.36. The number of carbonyl (C=O) groups excluding carboxylic acids is 2. The molecule has 5 heteroatoms. The van der Waals surface area contributed by atoms with Crippen LogP contribution in [0, 0.1) is 0 Å². The van der Waals surface area contributed by atoms with Crippen molar-refractivity contribution in [1.29, 1.82) is 0 Å². The standard InChI is InChI=1S/C23H27NO4/c1-17(25)23(19-7-5-4-6-8-19)11-13-24(14-12-23)22(26)16-18-9-10-20(27-2)21(15-18)28-3/h4-10,15H,11-14,16H2,1-3H3. The lowest BCUT2D eigenvalue weighted by Crippen LogP contribution is -2.48. The van der Waals surface area contributed by atoms with Gasteiger partial charge in [0.15, 0.2) is 11.5 Å². The summed E-state index contributed by atoms with van der Waals surface area (Å²) in [5.41, 5.74) is 1.45. The predicted molar refractivity (Wildman–Crippen MR) is 108 cm³/mol. The zero-order valence-corrected chi connectivity index (χ0v) is 16.7. The van der Waals surface area contributed by atoms with Crippen LogP contribution in [0.1, 0.15) is 30.9 Å². The topological polar surface area (TPSA) is 55.8 Å². The van der Waals surface area contributed by atoms with E-state index in [9.17, 15) is 9.59 Å². The highest BCUT2D eigenvalue weighted by Gasteiger charge is 2.41. The number of carbonyl (C=O) groups is 2. The first-order valence-corrected chi connectivity index (χ1v) is 9.55. The molecule has 1 fully saturated rings.